The molecule has 2 aliphatic rings. The Hall–Kier alpha value is -4.17. The maximum absolute atomic E-state index is 10.1. The molecule has 5 heteroatoms. The highest BCUT2D eigenvalue weighted by Crippen LogP contribution is 2.37. The fourth-order valence-electron chi connectivity index (χ4n) is 5.32. The highest BCUT2D eigenvalue weighted by molar-refractivity contribution is 5.97. The van der Waals surface area contributed by atoms with Gasteiger partial charge in [0.2, 0.25) is 0 Å². The van der Waals surface area contributed by atoms with Crippen LogP contribution in [0.4, 0.5) is 5.69 Å². The number of piperidine rings is 1. The Bertz CT molecular complexity index is 1570. The lowest BCUT2D eigenvalue weighted by molar-refractivity contribution is -0.493. The topological polar surface area (TPSA) is 53.3 Å². The van der Waals surface area contributed by atoms with Crippen molar-refractivity contribution in [1.82, 2.24) is 4.98 Å². The first kappa shape index (κ1) is 21.4. The van der Waals surface area contributed by atoms with E-state index in [1.54, 1.807) is 0 Å². The number of ether oxygens (including phenoxy) is 1. The molecule has 0 N–H and O–H groups in total. The van der Waals surface area contributed by atoms with Gasteiger partial charge in [-0.2, -0.15) is 9.66 Å². The van der Waals surface area contributed by atoms with E-state index in [4.69, 9.17) is 9.72 Å². The summed E-state index contributed by atoms with van der Waals surface area (Å²) in [4.78, 5) is 7.20. The lowest BCUT2D eigenvalue weighted by Crippen LogP contribution is -2.30. The van der Waals surface area contributed by atoms with Crippen molar-refractivity contribution in [1.29, 1.82) is 5.26 Å². The summed E-state index contributed by atoms with van der Waals surface area (Å²) in [6.45, 7) is 6.29. The first-order valence-corrected chi connectivity index (χ1v) is 12.2. The minimum atomic E-state index is 0.567. The van der Waals surface area contributed by atoms with Gasteiger partial charge in [-0.1, -0.05) is 24.3 Å². The molecular weight excluding hydrogens is 432 g/mol. The minimum absolute atomic E-state index is 0.567. The predicted octanol–water partition coefficient (Wildman–Crippen LogP) is 5.90. The second-order valence-electron chi connectivity index (χ2n) is 9.37. The molecule has 1 saturated heterocycles. The molecule has 0 unspecified atom stereocenters. The van der Waals surface area contributed by atoms with Crippen molar-refractivity contribution in [3.05, 3.63) is 88.4 Å². The zero-order valence-electron chi connectivity index (χ0n) is 20.1. The first-order chi connectivity index (χ1) is 17.1. The average Bonchev–Trinajstić information content (AvgIpc) is 2.88. The summed E-state index contributed by atoms with van der Waals surface area (Å²) in [7, 11) is 0. The Morgan fingerprint density at radius 1 is 1.03 bits per heavy atom. The standard InChI is InChI=1S/C30H27N4O/c1-20-17-21(2)34-27-7-6-8-28-29(27)25(26(19-31)30(34)32-20)18-24(35-28)14-11-22-9-12-23(13-10-22)33-15-4-3-5-16-33/h6-14,17-18H,3-5,15-16H2,1-2H3/q+1. The Balaban J connectivity index is 1.40. The number of pyridine rings is 1. The number of allylic oxidation sites excluding steroid dienone is 1. The normalized spacial score (nSPS) is 15.3. The number of aryl methyl sites for hydroxylation is 2. The molecule has 2 aromatic carbocycles. The third-order valence-electron chi connectivity index (χ3n) is 6.95. The summed E-state index contributed by atoms with van der Waals surface area (Å²) in [6, 6.07) is 19.2. The molecule has 5 nitrogen and oxygen atoms in total. The lowest BCUT2D eigenvalue weighted by Gasteiger charge is -2.28. The van der Waals surface area contributed by atoms with E-state index >= 15 is 0 Å². The van der Waals surface area contributed by atoms with Crippen molar-refractivity contribution in [3.8, 4) is 11.8 Å². The van der Waals surface area contributed by atoms with E-state index in [2.05, 4.69) is 51.8 Å². The molecule has 0 radical (unpaired) electrons. The van der Waals surface area contributed by atoms with Gasteiger partial charge in [0, 0.05) is 37.3 Å². The molecule has 172 valence electrons. The summed E-state index contributed by atoms with van der Waals surface area (Å²) in [6.07, 6.45) is 9.88. The highest BCUT2D eigenvalue weighted by Gasteiger charge is 2.27. The number of fused-ring (bicyclic) bond motifs is 2. The number of hydrogen-bond donors (Lipinski definition) is 0. The van der Waals surface area contributed by atoms with E-state index in [0.29, 0.717) is 17.0 Å². The van der Waals surface area contributed by atoms with Crippen molar-refractivity contribution in [2.45, 2.75) is 33.1 Å². The maximum atomic E-state index is 10.1. The molecule has 0 aliphatic carbocycles. The summed E-state index contributed by atoms with van der Waals surface area (Å²) in [5.41, 5.74) is 7.43. The van der Waals surface area contributed by atoms with Crippen LogP contribution in [0, 0.1) is 25.2 Å². The van der Waals surface area contributed by atoms with Crippen LogP contribution in [0.1, 0.15) is 47.3 Å². The van der Waals surface area contributed by atoms with Crippen molar-refractivity contribution in [3.63, 3.8) is 0 Å². The number of anilines is 1. The van der Waals surface area contributed by atoms with Crippen molar-refractivity contribution in [2.24, 2.45) is 0 Å². The molecule has 1 fully saturated rings. The SMILES string of the molecule is Cc1cc(C)[n+]2c(n1)c(C#N)c1c3c(cccc32)OC(C=Cc2ccc(N3CCCCC3)cc2)=C1. The summed E-state index contributed by atoms with van der Waals surface area (Å²) in [5.74, 6) is 1.46. The zero-order valence-corrected chi connectivity index (χ0v) is 20.1. The van der Waals surface area contributed by atoms with Crippen LogP contribution >= 0.6 is 0 Å². The van der Waals surface area contributed by atoms with Crippen LogP contribution in [0.25, 0.3) is 28.7 Å². The summed E-state index contributed by atoms with van der Waals surface area (Å²) >= 11 is 0. The Morgan fingerprint density at radius 3 is 2.60 bits per heavy atom. The first-order valence-electron chi connectivity index (χ1n) is 12.2. The fourth-order valence-corrected chi connectivity index (χ4v) is 5.32. The van der Waals surface area contributed by atoms with Crippen molar-refractivity contribution < 1.29 is 9.14 Å². The smallest absolute Gasteiger partial charge is 0.347 e. The molecule has 2 aliphatic heterocycles. The maximum Gasteiger partial charge on any atom is 0.347 e. The molecule has 0 bridgehead atoms. The largest absolute Gasteiger partial charge is 0.457 e. The number of benzene rings is 2. The second-order valence-corrected chi connectivity index (χ2v) is 9.37. The van der Waals surface area contributed by atoms with Crippen LogP contribution in [0.5, 0.6) is 5.75 Å². The van der Waals surface area contributed by atoms with E-state index in [-0.39, 0.29) is 0 Å². The van der Waals surface area contributed by atoms with Gasteiger partial charge in [0.15, 0.2) is 11.3 Å². The van der Waals surface area contributed by atoms with Gasteiger partial charge in [-0.05, 0) is 73.2 Å². The Kier molecular flexibility index (Phi) is 5.22. The van der Waals surface area contributed by atoms with Gasteiger partial charge in [-0.3, -0.25) is 0 Å². The highest BCUT2D eigenvalue weighted by atomic mass is 16.5. The van der Waals surface area contributed by atoms with Gasteiger partial charge < -0.3 is 9.64 Å². The third kappa shape index (κ3) is 3.72. The van der Waals surface area contributed by atoms with Crippen LogP contribution in [-0.4, -0.2) is 18.1 Å². The van der Waals surface area contributed by atoms with Gasteiger partial charge in [-0.25, -0.2) is 0 Å². The summed E-state index contributed by atoms with van der Waals surface area (Å²) in [5, 5.41) is 11.1. The van der Waals surface area contributed by atoms with Crippen LogP contribution < -0.4 is 14.0 Å². The van der Waals surface area contributed by atoms with Crippen LogP contribution in [0.2, 0.25) is 0 Å². The molecule has 6 rings (SSSR count). The van der Waals surface area contributed by atoms with Gasteiger partial charge in [0.1, 0.15) is 28.8 Å². The Labute approximate surface area is 205 Å². The molecular formula is C30H27N4O+. The van der Waals surface area contributed by atoms with Crippen LogP contribution in [0.15, 0.2) is 60.4 Å². The van der Waals surface area contributed by atoms with E-state index in [1.807, 2.05) is 44.2 Å². The van der Waals surface area contributed by atoms with Gasteiger partial charge in [0.25, 0.3) is 0 Å². The van der Waals surface area contributed by atoms with E-state index in [1.165, 1.54) is 24.9 Å². The molecule has 0 amide bonds. The molecule has 0 spiro atoms. The number of nitriles is 1. The zero-order chi connectivity index (χ0) is 23.9. The third-order valence-corrected chi connectivity index (χ3v) is 6.95. The van der Waals surface area contributed by atoms with E-state index < -0.39 is 0 Å². The van der Waals surface area contributed by atoms with E-state index in [0.717, 1.165) is 52.3 Å². The summed E-state index contributed by atoms with van der Waals surface area (Å²) < 4.78 is 8.33. The lowest BCUT2D eigenvalue weighted by atomic mass is 9.99. The van der Waals surface area contributed by atoms with Crippen LogP contribution in [-0.2, 0) is 0 Å². The number of nitrogens with zero attached hydrogens (tertiary/aromatic N) is 4. The minimum Gasteiger partial charge on any atom is -0.457 e. The molecule has 0 saturated carbocycles. The van der Waals surface area contributed by atoms with Gasteiger partial charge in [-0.15, -0.1) is 0 Å². The predicted molar refractivity (Wildman–Crippen MR) is 139 cm³/mol. The van der Waals surface area contributed by atoms with Crippen molar-refractivity contribution in [2.75, 3.05) is 18.0 Å². The quantitative estimate of drug-likeness (QED) is 0.283. The number of aromatic nitrogens is 2. The van der Waals surface area contributed by atoms with Crippen molar-refractivity contribution >= 4 is 34.4 Å². The number of rotatable bonds is 3. The Morgan fingerprint density at radius 2 is 1.83 bits per heavy atom. The molecule has 0 atom stereocenters. The number of hydrogen-bond acceptors (Lipinski definition) is 4. The van der Waals surface area contributed by atoms with Gasteiger partial charge in [0.05, 0.1) is 5.39 Å². The fraction of sp³-hybridized carbons (Fsp3) is 0.233. The molecule has 2 aromatic heterocycles. The average molecular weight is 460 g/mol. The second kappa shape index (κ2) is 8.56. The van der Waals surface area contributed by atoms with Crippen LogP contribution in [0.3, 0.4) is 0 Å². The van der Waals surface area contributed by atoms with E-state index in [9.17, 15) is 5.26 Å². The monoisotopic (exact) mass is 459 g/mol. The van der Waals surface area contributed by atoms with Gasteiger partial charge >= 0.3 is 5.65 Å². The molecule has 4 aromatic rings. The molecule has 4 heterocycles. The molecule has 35 heavy (non-hydrogen) atoms.